The Labute approximate surface area is 127 Å². The van der Waals surface area contributed by atoms with Gasteiger partial charge in [-0.05, 0) is 36.4 Å². The van der Waals surface area contributed by atoms with Crippen molar-refractivity contribution in [1.82, 2.24) is 4.98 Å². The van der Waals surface area contributed by atoms with Gasteiger partial charge in [-0.15, -0.1) is 0 Å². The van der Waals surface area contributed by atoms with Gasteiger partial charge in [-0.25, -0.2) is 4.98 Å². The normalized spacial score (nSPS) is 11.0. The summed E-state index contributed by atoms with van der Waals surface area (Å²) < 4.78 is 0. The van der Waals surface area contributed by atoms with Crippen molar-refractivity contribution >= 4 is 33.6 Å². The molecule has 2 heteroatoms. The average molecular weight is 287 g/mol. The van der Waals surface area contributed by atoms with E-state index in [0.717, 1.165) is 11.0 Å². The Hall–Kier alpha value is -2.32. The topological polar surface area (TPSA) is 12.9 Å². The van der Waals surface area contributed by atoms with Crippen molar-refractivity contribution in [3.8, 4) is 0 Å². The first-order valence-corrected chi connectivity index (χ1v) is 7.73. The highest BCUT2D eigenvalue weighted by molar-refractivity contribution is 7.99. The summed E-state index contributed by atoms with van der Waals surface area (Å²) in [5.41, 5.74) is 2.10. The van der Waals surface area contributed by atoms with Gasteiger partial charge < -0.3 is 0 Å². The minimum atomic E-state index is 1.05. The minimum absolute atomic E-state index is 1.05. The van der Waals surface area contributed by atoms with Crippen LogP contribution in [0.4, 0.5) is 0 Å². The van der Waals surface area contributed by atoms with E-state index in [1.54, 1.807) is 11.8 Å². The van der Waals surface area contributed by atoms with Crippen molar-refractivity contribution in [2.75, 3.05) is 0 Å². The van der Waals surface area contributed by atoms with Crippen molar-refractivity contribution in [2.24, 2.45) is 0 Å². The number of pyridine rings is 1. The zero-order valence-corrected chi connectivity index (χ0v) is 12.2. The van der Waals surface area contributed by atoms with Gasteiger partial charge in [-0.2, -0.15) is 0 Å². The van der Waals surface area contributed by atoms with E-state index in [2.05, 4.69) is 66.7 Å². The van der Waals surface area contributed by atoms with E-state index in [-0.39, 0.29) is 0 Å². The lowest BCUT2D eigenvalue weighted by atomic mass is 10.1. The van der Waals surface area contributed by atoms with Gasteiger partial charge >= 0.3 is 0 Å². The third kappa shape index (κ3) is 2.39. The fourth-order valence-corrected chi connectivity index (χ4v) is 3.44. The van der Waals surface area contributed by atoms with Crippen molar-refractivity contribution in [1.29, 1.82) is 0 Å². The van der Waals surface area contributed by atoms with Crippen LogP contribution in [-0.2, 0) is 0 Å². The summed E-state index contributed by atoms with van der Waals surface area (Å²) in [5.74, 6) is 0. The molecule has 0 spiro atoms. The molecule has 0 aliphatic heterocycles. The number of benzene rings is 3. The first kappa shape index (κ1) is 12.4. The molecule has 0 radical (unpaired) electrons. The highest BCUT2D eigenvalue weighted by Gasteiger charge is 2.05. The molecule has 21 heavy (non-hydrogen) atoms. The molecule has 0 aliphatic rings. The van der Waals surface area contributed by atoms with E-state index < -0.39 is 0 Å². The Balaban J connectivity index is 1.90. The maximum atomic E-state index is 4.77. The van der Waals surface area contributed by atoms with E-state index in [1.165, 1.54) is 20.6 Å². The summed E-state index contributed by atoms with van der Waals surface area (Å²) in [6, 6.07) is 27.3. The molecule has 0 N–H and O–H groups in total. The summed E-state index contributed by atoms with van der Waals surface area (Å²) in [6.07, 6.45) is 0. The summed E-state index contributed by atoms with van der Waals surface area (Å²) in [7, 11) is 0. The number of hydrogen-bond donors (Lipinski definition) is 0. The van der Waals surface area contributed by atoms with Gasteiger partial charge in [-0.1, -0.05) is 54.2 Å². The Bertz CT molecular complexity index is 916. The molecular formula is C19H13NS. The molecule has 4 rings (SSSR count). The van der Waals surface area contributed by atoms with Crippen LogP contribution in [0.1, 0.15) is 0 Å². The highest BCUT2D eigenvalue weighted by Crippen LogP contribution is 2.34. The van der Waals surface area contributed by atoms with Crippen molar-refractivity contribution in [2.45, 2.75) is 9.79 Å². The Morgan fingerprint density at radius 3 is 2.33 bits per heavy atom. The second-order valence-corrected chi connectivity index (χ2v) is 6.03. The predicted molar refractivity (Wildman–Crippen MR) is 89.8 cm³/mol. The smallest absolute Gasteiger partial charge is 0.0721 e. The van der Waals surface area contributed by atoms with Gasteiger partial charge in [0.25, 0.3) is 0 Å². The van der Waals surface area contributed by atoms with Crippen LogP contribution in [0, 0.1) is 0 Å². The minimum Gasteiger partial charge on any atom is -0.248 e. The zero-order chi connectivity index (χ0) is 14.1. The van der Waals surface area contributed by atoms with E-state index in [4.69, 9.17) is 4.98 Å². The quantitative estimate of drug-likeness (QED) is 0.449. The maximum Gasteiger partial charge on any atom is 0.0721 e. The summed E-state index contributed by atoms with van der Waals surface area (Å²) >= 11 is 1.79. The van der Waals surface area contributed by atoms with Gasteiger partial charge in [0, 0.05) is 20.6 Å². The molecule has 0 amide bonds. The summed E-state index contributed by atoms with van der Waals surface area (Å²) in [4.78, 5) is 7.26. The van der Waals surface area contributed by atoms with Crippen LogP contribution in [0.15, 0.2) is 88.7 Å². The number of fused-ring (bicyclic) bond motifs is 2. The first-order chi connectivity index (χ1) is 10.4. The van der Waals surface area contributed by atoms with Crippen LogP contribution in [0.5, 0.6) is 0 Å². The second kappa shape index (κ2) is 5.23. The van der Waals surface area contributed by atoms with E-state index >= 15 is 0 Å². The van der Waals surface area contributed by atoms with E-state index in [1.807, 2.05) is 12.1 Å². The van der Waals surface area contributed by atoms with Crippen LogP contribution in [0.3, 0.4) is 0 Å². The lowest BCUT2D eigenvalue weighted by Crippen LogP contribution is -1.84. The third-order valence-corrected chi connectivity index (χ3v) is 4.58. The summed E-state index contributed by atoms with van der Waals surface area (Å²) in [5, 5.41) is 2.40. The molecule has 0 fully saturated rings. The SMILES string of the molecule is c1ccc(Sc2cccc3nc4ccccc4cc23)cc1. The van der Waals surface area contributed by atoms with E-state index in [0.29, 0.717) is 0 Å². The van der Waals surface area contributed by atoms with Crippen molar-refractivity contribution in [3.05, 3.63) is 78.9 Å². The number of nitrogens with zero attached hydrogens (tertiary/aromatic N) is 1. The standard InChI is InChI=1S/C19H13NS/c1-2-8-15(9-3-1)21-19-12-6-11-18-16(19)13-14-7-4-5-10-17(14)20-18/h1-13H. The maximum absolute atomic E-state index is 4.77. The fraction of sp³-hybridized carbons (Fsp3) is 0. The predicted octanol–water partition coefficient (Wildman–Crippen LogP) is 5.54. The Morgan fingerprint density at radius 1 is 0.667 bits per heavy atom. The van der Waals surface area contributed by atoms with Crippen molar-refractivity contribution < 1.29 is 0 Å². The van der Waals surface area contributed by atoms with Gasteiger partial charge in [0.2, 0.25) is 0 Å². The molecule has 4 aromatic rings. The van der Waals surface area contributed by atoms with Gasteiger partial charge in [-0.3, -0.25) is 0 Å². The van der Waals surface area contributed by atoms with Gasteiger partial charge in [0.15, 0.2) is 0 Å². The highest BCUT2D eigenvalue weighted by atomic mass is 32.2. The number of aromatic nitrogens is 1. The molecule has 0 atom stereocenters. The van der Waals surface area contributed by atoms with Crippen molar-refractivity contribution in [3.63, 3.8) is 0 Å². The fourth-order valence-electron chi connectivity index (χ4n) is 2.48. The molecule has 3 aromatic carbocycles. The molecule has 0 unspecified atom stereocenters. The van der Waals surface area contributed by atoms with E-state index in [9.17, 15) is 0 Å². The van der Waals surface area contributed by atoms with Crippen LogP contribution in [0.25, 0.3) is 21.8 Å². The molecule has 1 nitrogen and oxygen atoms in total. The third-order valence-electron chi connectivity index (χ3n) is 3.49. The molecule has 0 saturated heterocycles. The average Bonchev–Trinajstić information content (AvgIpc) is 2.54. The molecule has 1 heterocycles. The lowest BCUT2D eigenvalue weighted by Gasteiger charge is -2.07. The largest absolute Gasteiger partial charge is 0.248 e. The molecular weight excluding hydrogens is 274 g/mol. The molecule has 0 aliphatic carbocycles. The Kier molecular flexibility index (Phi) is 3.09. The molecule has 100 valence electrons. The summed E-state index contributed by atoms with van der Waals surface area (Å²) in [6.45, 7) is 0. The van der Waals surface area contributed by atoms with Gasteiger partial charge in [0.05, 0.1) is 11.0 Å². The monoisotopic (exact) mass is 287 g/mol. The molecule has 1 aromatic heterocycles. The second-order valence-electron chi connectivity index (χ2n) is 4.92. The lowest BCUT2D eigenvalue weighted by molar-refractivity contribution is 1.42. The van der Waals surface area contributed by atoms with Crippen LogP contribution >= 0.6 is 11.8 Å². The molecule has 0 saturated carbocycles. The van der Waals surface area contributed by atoms with Crippen LogP contribution in [0.2, 0.25) is 0 Å². The van der Waals surface area contributed by atoms with Crippen LogP contribution in [-0.4, -0.2) is 4.98 Å². The number of para-hydroxylation sites is 1. The molecule has 0 bridgehead atoms. The Morgan fingerprint density at radius 2 is 1.43 bits per heavy atom. The first-order valence-electron chi connectivity index (χ1n) is 6.91. The number of rotatable bonds is 2. The van der Waals surface area contributed by atoms with Crippen LogP contribution < -0.4 is 0 Å². The zero-order valence-electron chi connectivity index (χ0n) is 11.4. The van der Waals surface area contributed by atoms with Gasteiger partial charge in [0.1, 0.15) is 0 Å². The number of hydrogen-bond acceptors (Lipinski definition) is 2.